The fourth-order valence-corrected chi connectivity index (χ4v) is 1.62. The Bertz CT molecular complexity index is 599. The maximum absolute atomic E-state index is 13.0. The summed E-state index contributed by atoms with van der Waals surface area (Å²) in [4.78, 5) is 10.2. The minimum Gasteiger partial charge on any atom is -0.508 e. The topological polar surface area (TPSA) is 75.4 Å². The van der Waals surface area contributed by atoms with E-state index in [1.807, 2.05) is 0 Å². The van der Waals surface area contributed by atoms with Gasteiger partial charge in [0.1, 0.15) is 17.3 Å². The fourth-order valence-electron chi connectivity index (χ4n) is 1.62. The van der Waals surface area contributed by atoms with Gasteiger partial charge < -0.3 is 10.4 Å². The third kappa shape index (κ3) is 3.19. The molecule has 0 fully saturated rings. The van der Waals surface area contributed by atoms with Crippen LogP contribution >= 0.6 is 0 Å². The Kier molecular flexibility index (Phi) is 3.61. The van der Waals surface area contributed by atoms with Crippen LogP contribution in [0.4, 0.5) is 15.8 Å². The number of benzene rings is 2. The van der Waals surface area contributed by atoms with Crippen molar-refractivity contribution in [3.63, 3.8) is 0 Å². The predicted octanol–water partition coefficient (Wildman–Crippen LogP) is 3.05. The van der Waals surface area contributed by atoms with Crippen LogP contribution in [0, 0.1) is 15.9 Å². The minimum absolute atomic E-state index is 0.150. The van der Waals surface area contributed by atoms with Crippen LogP contribution in [-0.4, -0.2) is 10.0 Å². The van der Waals surface area contributed by atoms with Gasteiger partial charge >= 0.3 is 0 Å². The van der Waals surface area contributed by atoms with Gasteiger partial charge in [-0.2, -0.15) is 0 Å². The molecule has 0 aromatic heterocycles. The quantitative estimate of drug-likeness (QED) is 0.656. The Morgan fingerprint density at radius 2 is 1.89 bits per heavy atom. The largest absolute Gasteiger partial charge is 0.508 e. The highest BCUT2D eigenvalue weighted by Gasteiger charge is 2.14. The van der Waals surface area contributed by atoms with Gasteiger partial charge in [0.2, 0.25) is 0 Å². The molecule has 0 unspecified atom stereocenters. The lowest BCUT2D eigenvalue weighted by molar-refractivity contribution is -0.384. The van der Waals surface area contributed by atoms with E-state index in [1.54, 1.807) is 12.1 Å². The zero-order valence-corrected chi connectivity index (χ0v) is 9.84. The Morgan fingerprint density at radius 3 is 2.53 bits per heavy atom. The molecule has 0 saturated carbocycles. The van der Waals surface area contributed by atoms with Crippen molar-refractivity contribution >= 4 is 11.4 Å². The molecule has 2 aromatic rings. The van der Waals surface area contributed by atoms with E-state index in [2.05, 4.69) is 5.32 Å². The summed E-state index contributed by atoms with van der Waals surface area (Å²) in [7, 11) is 0. The third-order valence-corrected chi connectivity index (χ3v) is 2.58. The number of phenols is 1. The molecular formula is C13H11FN2O3. The second-order valence-corrected chi connectivity index (χ2v) is 3.94. The van der Waals surface area contributed by atoms with Gasteiger partial charge in [0.15, 0.2) is 0 Å². The average molecular weight is 262 g/mol. The smallest absolute Gasteiger partial charge is 0.295 e. The molecule has 0 amide bonds. The first-order valence-electron chi connectivity index (χ1n) is 5.52. The van der Waals surface area contributed by atoms with Crippen LogP contribution < -0.4 is 5.32 Å². The summed E-state index contributed by atoms with van der Waals surface area (Å²) in [5.74, 6) is -0.501. The van der Waals surface area contributed by atoms with Crippen molar-refractivity contribution in [1.82, 2.24) is 0 Å². The number of hydrogen-bond donors (Lipinski definition) is 2. The maximum atomic E-state index is 13.0. The van der Waals surface area contributed by atoms with Crippen molar-refractivity contribution in [2.75, 3.05) is 5.32 Å². The first kappa shape index (κ1) is 12.8. The van der Waals surface area contributed by atoms with Crippen molar-refractivity contribution in [3.05, 3.63) is 64.0 Å². The van der Waals surface area contributed by atoms with E-state index in [1.165, 1.54) is 18.2 Å². The fraction of sp³-hybridized carbons (Fsp3) is 0.0769. The molecule has 2 aromatic carbocycles. The second kappa shape index (κ2) is 5.34. The number of anilines is 1. The number of nitrogens with one attached hydrogen (secondary N) is 1. The molecule has 98 valence electrons. The maximum Gasteiger partial charge on any atom is 0.295 e. The third-order valence-electron chi connectivity index (χ3n) is 2.58. The molecule has 2 N–H and O–H groups in total. The highest BCUT2D eigenvalue weighted by molar-refractivity contribution is 5.61. The molecule has 0 spiro atoms. The Morgan fingerprint density at radius 1 is 1.21 bits per heavy atom. The normalized spacial score (nSPS) is 10.2. The average Bonchev–Trinajstić information content (AvgIpc) is 2.39. The number of phenolic OH excluding ortho intramolecular Hbond substituents is 1. The van der Waals surface area contributed by atoms with Crippen molar-refractivity contribution in [2.45, 2.75) is 6.54 Å². The van der Waals surface area contributed by atoms with Gasteiger partial charge in [-0.15, -0.1) is 0 Å². The monoisotopic (exact) mass is 262 g/mol. The lowest BCUT2D eigenvalue weighted by Crippen LogP contribution is -2.02. The summed E-state index contributed by atoms with van der Waals surface area (Å²) >= 11 is 0. The number of nitro groups is 1. The van der Waals surface area contributed by atoms with Crippen LogP contribution in [0.25, 0.3) is 0 Å². The number of nitrogens with zero attached hydrogens (tertiary/aromatic N) is 1. The molecule has 0 saturated heterocycles. The molecule has 5 nitrogen and oxygen atoms in total. The van der Waals surface area contributed by atoms with Crippen LogP contribution in [0.2, 0.25) is 0 Å². The Labute approximate surface area is 108 Å². The first-order valence-corrected chi connectivity index (χ1v) is 5.52. The van der Waals surface area contributed by atoms with Crippen molar-refractivity contribution in [2.24, 2.45) is 0 Å². The Hall–Kier alpha value is -2.63. The summed E-state index contributed by atoms with van der Waals surface area (Å²) in [5, 5.41) is 22.8. The molecule has 2 rings (SSSR count). The summed E-state index contributed by atoms with van der Waals surface area (Å²) < 4.78 is 13.0. The van der Waals surface area contributed by atoms with Crippen molar-refractivity contribution in [3.8, 4) is 5.75 Å². The molecule has 19 heavy (non-hydrogen) atoms. The van der Waals surface area contributed by atoms with E-state index in [4.69, 9.17) is 5.11 Å². The minimum atomic E-state index is -0.651. The molecule has 6 heteroatoms. The number of aromatic hydroxyl groups is 1. The van der Waals surface area contributed by atoms with Gasteiger partial charge in [-0.3, -0.25) is 10.1 Å². The summed E-state index contributed by atoms with van der Waals surface area (Å²) in [6, 6.07) is 9.79. The molecule has 0 aliphatic heterocycles. The van der Waals surface area contributed by atoms with E-state index in [0.717, 1.165) is 17.7 Å². The van der Waals surface area contributed by atoms with Gasteiger partial charge in [0, 0.05) is 6.54 Å². The van der Waals surface area contributed by atoms with Crippen molar-refractivity contribution < 1.29 is 14.4 Å². The van der Waals surface area contributed by atoms with Crippen LogP contribution in [0.1, 0.15) is 5.56 Å². The van der Waals surface area contributed by atoms with Gasteiger partial charge in [0.05, 0.1) is 11.0 Å². The molecule has 0 aliphatic rings. The van der Waals surface area contributed by atoms with E-state index >= 15 is 0 Å². The van der Waals surface area contributed by atoms with Gasteiger partial charge in [0.25, 0.3) is 5.69 Å². The first-order chi connectivity index (χ1) is 9.06. The summed E-state index contributed by atoms with van der Waals surface area (Å²) in [5.41, 5.74) is 0.787. The zero-order valence-electron chi connectivity index (χ0n) is 9.84. The van der Waals surface area contributed by atoms with Gasteiger partial charge in [-0.1, -0.05) is 12.1 Å². The number of rotatable bonds is 4. The zero-order chi connectivity index (χ0) is 13.8. The van der Waals surface area contributed by atoms with E-state index in [9.17, 15) is 14.5 Å². The summed E-state index contributed by atoms with van der Waals surface area (Å²) in [6.07, 6.45) is 0. The number of halogens is 1. The molecule has 0 aliphatic carbocycles. The van der Waals surface area contributed by atoms with Gasteiger partial charge in [-0.25, -0.2) is 4.39 Å². The van der Waals surface area contributed by atoms with E-state index < -0.39 is 10.7 Å². The summed E-state index contributed by atoms with van der Waals surface area (Å²) in [6.45, 7) is 0.340. The van der Waals surface area contributed by atoms with Gasteiger partial charge in [-0.05, 0) is 29.8 Å². The number of nitro benzene ring substituents is 1. The molecule has 0 atom stereocenters. The Balaban J connectivity index is 2.15. The van der Waals surface area contributed by atoms with E-state index in [-0.39, 0.29) is 17.1 Å². The lowest BCUT2D eigenvalue weighted by Gasteiger charge is -2.07. The van der Waals surface area contributed by atoms with Crippen LogP contribution in [-0.2, 0) is 6.54 Å². The lowest BCUT2D eigenvalue weighted by atomic mass is 10.2. The van der Waals surface area contributed by atoms with E-state index in [0.29, 0.717) is 6.54 Å². The highest BCUT2D eigenvalue weighted by atomic mass is 19.1. The number of hydrogen-bond acceptors (Lipinski definition) is 4. The predicted molar refractivity (Wildman–Crippen MR) is 68.5 cm³/mol. The SMILES string of the molecule is O=[N+]([O-])c1cc(F)ccc1NCc1ccc(O)cc1. The molecule has 0 radical (unpaired) electrons. The molecule has 0 bridgehead atoms. The van der Waals surface area contributed by atoms with Crippen LogP contribution in [0.5, 0.6) is 5.75 Å². The van der Waals surface area contributed by atoms with Crippen LogP contribution in [0.15, 0.2) is 42.5 Å². The highest BCUT2D eigenvalue weighted by Crippen LogP contribution is 2.25. The van der Waals surface area contributed by atoms with Crippen molar-refractivity contribution in [1.29, 1.82) is 0 Å². The molecule has 0 heterocycles. The molecular weight excluding hydrogens is 251 g/mol. The second-order valence-electron chi connectivity index (χ2n) is 3.94. The van der Waals surface area contributed by atoms with Crippen LogP contribution in [0.3, 0.4) is 0 Å². The standard InChI is InChI=1S/C13H11FN2O3/c14-10-3-6-12(13(7-10)16(18)19)15-8-9-1-4-11(17)5-2-9/h1-7,15,17H,8H2.